The number of ether oxygens (including phenoxy) is 2. The van der Waals surface area contributed by atoms with E-state index in [1.54, 1.807) is 12.1 Å². The Kier molecular flexibility index (Phi) is 10.5. The van der Waals surface area contributed by atoms with Gasteiger partial charge in [-0.3, -0.25) is 4.90 Å². The predicted molar refractivity (Wildman–Crippen MR) is 120 cm³/mol. The number of hydrogen-bond donors (Lipinski definition) is 2. The summed E-state index contributed by atoms with van der Waals surface area (Å²) in [5.74, 6) is 1.02. The molecular weight excluding hydrogens is 474 g/mol. The largest absolute Gasteiger partial charge is 0.381 e. The molecule has 0 aliphatic carbocycles. The third-order valence-corrected chi connectivity index (χ3v) is 5.21. The number of halogens is 2. The van der Waals surface area contributed by atoms with Gasteiger partial charge in [-0.1, -0.05) is 18.2 Å². The van der Waals surface area contributed by atoms with Gasteiger partial charge in [-0.25, -0.2) is 9.38 Å². The van der Waals surface area contributed by atoms with E-state index in [1.165, 1.54) is 6.07 Å². The summed E-state index contributed by atoms with van der Waals surface area (Å²) in [7, 11) is 0. The summed E-state index contributed by atoms with van der Waals surface area (Å²) in [6.07, 6.45) is 1.09. The minimum absolute atomic E-state index is 0. The van der Waals surface area contributed by atoms with Gasteiger partial charge in [-0.05, 0) is 19.4 Å². The zero-order valence-electron chi connectivity index (χ0n) is 16.5. The van der Waals surface area contributed by atoms with Gasteiger partial charge in [0.2, 0.25) is 0 Å². The molecule has 28 heavy (non-hydrogen) atoms. The second kappa shape index (κ2) is 12.6. The molecule has 0 radical (unpaired) electrons. The highest BCUT2D eigenvalue weighted by atomic mass is 127. The van der Waals surface area contributed by atoms with Gasteiger partial charge >= 0.3 is 0 Å². The Balaban J connectivity index is 0.00000280. The highest BCUT2D eigenvalue weighted by molar-refractivity contribution is 14.0. The molecule has 158 valence electrons. The van der Waals surface area contributed by atoms with Crippen LogP contribution in [0.15, 0.2) is 29.3 Å². The average Bonchev–Trinajstić information content (AvgIpc) is 3.22. The van der Waals surface area contributed by atoms with Crippen LogP contribution in [0.4, 0.5) is 4.39 Å². The van der Waals surface area contributed by atoms with Crippen LogP contribution >= 0.6 is 24.0 Å². The molecule has 1 aromatic carbocycles. The summed E-state index contributed by atoms with van der Waals surface area (Å²) >= 11 is 0. The molecule has 2 aliphatic heterocycles. The van der Waals surface area contributed by atoms with Crippen molar-refractivity contribution in [3.8, 4) is 0 Å². The lowest BCUT2D eigenvalue weighted by molar-refractivity contribution is 0.00246. The van der Waals surface area contributed by atoms with Crippen molar-refractivity contribution < 1.29 is 13.9 Å². The van der Waals surface area contributed by atoms with Gasteiger partial charge in [0.15, 0.2) is 5.96 Å². The molecule has 2 saturated heterocycles. The molecule has 2 fully saturated rings. The average molecular weight is 506 g/mol. The third-order valence-electron chi connectivity index (χ3n) is 5.21. The molecule has 0 bridgehead atoms. The molecule has 6 nitrogen and oxygen atoms in total. The molecule has 2 unspecified atom stereocenters. The van der Waals surface area contributed by atoms with Gasteiger partial charge in [-0.15, -0.1) is 24.0 Å². The third kappa shape index (κ3) is 6.82. The fraction of sp³-hybridized carbons (Fsp3) is 0.650. The summed E-state index contributed by atoms with van der Waals surface area (Å²) in [4.78, 5) is 7.06. The van der Waals surface area contributed by atoms with Crippen molar-refractivity contribution in [2.45, 2.75) is 25.9 Å². The Hall–Kier alpha value is -0.970. The molecule has 2 N–H and O–H groups in total. The molecule has 2 heterocycles. The highest BCUT2D eigenvalue weighted by Gasteiger charge is 2.31. The minimum atomic E-state index is -0.216. The lowest BCUT2D eigenvalue weighted by atomic mass is 9.97. The SMILES string of the molecule is CCNC(=NCc1ccccc1F)NCC(C1CCOC1)N1CCOCC1.I. The van der Waals surface area contributed by atoms with Gasteiger partial charge in [0.25, 0.3) is 0 Å². The molecular formula is C20H32FIN4O2. The van der Waals surface area contributed by atoms with E-state index in [-0.39, 0.29) is 29.8 Å². The first-order valence-electron chi connectivity index (χ1n) is 9.93. The van der Waals surface area contributed by atoms with Crippen LogP contribution in [0.1, 0.15) is 18.9 Å². The van der Waals surface area contributed by atoms with Crippen LogP contribution in [0.2, 0.25) is 0 Å². The van der Waals surface area contributed by atoms with E-state index >= 15 is 0 Å². The molecule has 0 saturated carbocycles. The van der Waals surface area contributed by atoms with E-state index in [2.05, 4.69) is 20.5 Å². The van der Waals surface area contributed by atoms with Crippen molar-refractivity contribution in [3.05, 3.63) is 35.6 Å². The number of benzene rings is 1. The lowest BCUT2D eigenvalue weighted by Gasteiger charge is -2.37. The van der Waals surface area contributed by atoms with Crippen LogP contribution in [0.25, 0.3) is 0 Å². The monoisotopic (exact) mass is 506 g/mol. The Bertz CT molecular complexity index is 608. The first kappa shape index (κ1) is 23.3. The summed E-state index contributed by atoms with van der Waals surface area (Å²) < 4.78 is 25.0. The zero-order valence-corrected chi connectivity index (χ0v) is 18.9. The van der Waals surface area contributed by atoms with Gasteiger partial charge in [0.1, 0.15) is 5.82 Å². The van der Waals surface area contributed by atoms with Gasteiger partial charge < -0.3 is 20.1 Å². The van der Waals surface area contributed by atoms with E-state index in [1.807, 2.05) is 13.0 Å². The Morgan fingerprint density at radius 1 is 1.21 bits per heavy atom. The second-order valence-electron chi connectivity index (χ2n) is 7.01. The molecule has 3 rings (SSSR count). The van der Waals surface area contributed by atoms with Crippen molar-refractivity contribution in [2.75, 3.05) is 52.6 Å². The van der Waals surface area contributed by atoms with Crippen LogP contribution in [-0.2, 0) is 16.0 Å². The van der Waals surface area contributed by atoms with Crippen LogP contribution in [0, 0.1) is 11.7 Å². The Labute approximate surface area is 184 Å². The minimum Gasteiger partial charge on any atom is -0.381 e. The van der Waals surface area contributed by atoms with Crippen molar-refractivity contribution in [2.24, 2.45) is 10.9 Å². The zero-order chi connectivity index (χ0) is 18.9. The van der Waals surface area contributed by atoms with Crippen LogP contribution in [0.5, 0.6) is 0 Å². The van der Waals surface area contributed by atoms with E-state index < -0.39 is 0 Å². The smallest absolute Gasteiger partial charge is 0.191 e. The number of nitrogens with one attached hydrogen (secondary N) is 2. The normalized spacial score (nSPS) is 21.8. The quantitative estimate of drug-likeness (QED) is 0.338. The number of hydrogen-bond acceptors (Lipinski definition) is 4. The summed E-state index contributed by atoms with van der Waals surface area (Å²) in [6.45, 7) is 9.02. The lowest BCUT2D eigenvalue weighted by Crippen LogP contribution is -2.53. The van der Waals surface area contributed by atoms with Crippen molar-refractivity contribution >= 4 is 29.9 Å². The van der Waals surface area contributed by atoms with Gasteiger partial charge in [0, 0.05) is 50.3 Å². The topological polar surface area (TPSA) is 58.1 Å². The first-order chi connectivity index (χ1) is 13.3. The fourth-order valence-corrected chi connectivity index (χ4v) is 3.69. The summed E-state index contributed by atoms with van der Waals surface area (Å²) in [5, 5.41) is 6.73. The number of aliphatic imine (C=N–C) groups is 1. The molecule has 0 aromatic heterocycles. The number of morpholine rings is 1. The molecule has 0 spiro atoms. The standard InChI is InChI=1S/C20H31FN4O2.HI/c1-2-22-20(23-13-16-5-3-4-6-18(16)21)24-14-19(17-7-10-27-15-17)25-8-11-26-12-9-25;/h3-6,17,19H,2,7-15H2,1H3,(H2,22,23,24);1H. The number of rotatable bonds is 7. The van der Waals surface area contributed by atoms with Crippen LogP contribution in [-0.4, -0.2) is 69.5 Å². The number of nitrogens with zero attached hydrogens (tertiary/aromatic N) is 2. The van der Waals surface area contributed by atoms with Gasteiger partial charge in [0.05, 0.1) is 26.4 Å². The molecule has 2 atom stereocenters. The van der Waals surface area contributed by atoms with E-state index in [4.69, 9.17) is 9.47 Å². The predicted octanol–water partition coefficient (Wildman–Crippen LogP) is 2.24. The van der Waals surface area contributed by atoms with Crippen molar-refractivity contribution in [3.63, 3.8) is 0 Å². The van der Waals surface area contributed by atoms with Crippen LogP contribution < -0.4 is 10.6 Å². The molecule has 8 heteroatoms. The van der Waals surface area contributed by atoms with E-state index in [0.29, 0.717) is 24.1 Å². The summed E-state index contributed by atoms with van der Waals surface area (Å²) in [6, 6.07) is 7.16. The maximum absolute atomic E-state index is 13.8. The van der Waals surface area contributed by atoms with Crippen LogP contribution in [0.3, 0.4) is 0 Å². The van der Waals surface area contributed by atoms with E-state index in [0.717, 1.165) is 65.0 Å². The molecule has 0 amide bonds. The Morgan fingerprint density at radius 2 is 2.00 bits per heavy atom. The number of guanidine groups is 1. The Morgan fingerprint density at radius 3 is 2.68 bits per heavy atom. The first-order valence-corrected chi connectivity index (χ1v) is 9.93. The van der Waals surface area contributed by atoms with Gasteiger partial charge in [-0.2, -0.15) is 0 Å². The van der Waals surface area contributed by atoms with E-state index in [9.17, 15) is 4.39 Å². The fourth-order valence-electron chi connectivity index (χ4n) is 3.69. The molecule has 1 aromatic rings. The highest BCUT2D eigenvalue weighted by Crippen LogP contribution is 2.21. The maximum Gasteiger partial charge on any atom is 0.191 e. The maximum atomic E-state index is 13.8. The molecule has 2 aliphatic rings. The second-order valence-corrected chi connectivity index (χ2v) is 7.01. The van der Waals surface area contributed by atoms with Crippen molar-refractivity contribution in [1.29, 1.82) is 0 Å². The van der Waals surface area contributed by atoms with Crippen molar-refractivity contribution in [1.82, 2.24) is 15.5 Å². The summed E-state index contributed by atoms with van der Waals surface area (Å²) in [5.41, 5.74) is 0.601.